The molecule has 4 rings (SSSR count). The van der Waals surface area contributed by atoms with Crippen molar-refractivity contribution in [2.24, 2.45) is 5.73 Å². The SMILES string of the molecule is Cc1ccc(F)c(CC(N)c2ncccc2-c2noc3ccccc23)n1.Cl. The second kappa shape index (κ2) is 7.82. The number of halogens is 2. The Hall–Kier alpha value is -2.83. The van der Waals surface area contributed by atoms with Crippen molar-refractivity contribution < 1.29 is 8.91 Å². The molecule has 27 heavy (non-hydrogen) atoms. The minimum Gasteiger partial charge on any atom is -0.356 e. The second-order valence-electron chi connectivity index (χ2n) is 6.16. The van der Waals surface area contributed by atoms with E-state index in [4.69, 9.17) is 10.3 Å². The van der Waals surface area contributed by atoms with Crippen LogP contribution in [0.1, 0.15) is 23.1 Å². The number of para-hydroxylation sites is 1. The van der Waals surface area contributed by atoms with Crippen molar-refractivity contribution in [3.8, 4) is 11.3 Å². The topological polar surface area (TPSA) is 77.8 Å². The highest BCUT2D eigenvalue weighted by Crippen LogP contribution is 2.32. The van der Waals surface area contributed by atoms with Crippen molar-refractivity contribution in [2.75, 3.05) is 0 Å². The largest absolute Gasteiger partial charge is 0.356 e. The van der Waals surface area contributed by atoms with Gasteiger partial charge in [-0.3, -0.25) is 9.97 Å². The Balaban J connectivity index is 0.00000210. The first-order valence-electron chi connectivity index (χ1n) is 8.31. The number of benzene rings is 1. The molecule has 2 N–H and O–H groups in total. The number of nitrogens with zero attached hydrogens (tertiary/aromatic N) is 3. The molecule has 1 aromatic carbocycles. The van der Waals surface area contributed by atoms with Gasteiger partial charge in [-0.25, -0.2) is 4.39 Å². The van der Waals surface area contributed by atoms with Crippen molar-refractivity contribution >= 4 is 23.4 Å². The number of aromatic nitrogens is 3. The fraction of sp³-hybridized carbons (Fsp3) is 0.150. The second-order valence-corrected chi connectivity index (χ2v) is 6.16. The summed E-state index contributed by atoms with van der Waals surface area (Å²) < 4.78 is 19.5. The summed E-state index contributed by atoms with van der Waals surface area (Å²) in [7, 11) is 0. The van der Waals surface area contributed by atoms with Crippen LogP contribution >= 0.6 is 12.4 Å². The van der Waals surface area contributed by atoms with Gasteiger partial charge in [0.05, 0.1) is 17.4 Å². The molecule has 3 aromatic heterocycles. The Morgan fingerprint density at radius 3 is 2.78 bits per heavy atom. The van der Waals surface area contributed by atoms with E-state index in [1.165, 1.54) is 6.07 Å². The molecule has 0 aliphatic heterocycles. The number of pyridine rings is 2. The third kappa shape index (κ3) is 3.67. The molecule has 0 aliphatic carbocycles. The fourth-order valence-electron chi connectivity index (χ4n) is 3.03. The summed E-state index contributed by atoms with van der Waals surface area (Å²) >= 11 is 0. The molecule has 4 aromatic rings. The number of fused-ring (bicyclic) bond motifs is 1. The molecule has 0 aliphatic rings. The fourth-order valence-corrected chi connectivity index (χ4v) is 3.03. The van der Waals surface area contributed by atoms with E-state index in [2.05, 4.69) is 15.1 Å². The highest BCUT2D eigenvalue weighted by Gasteiger charge is 2.20. The van der Waals surface area contributed by atoms with Gasteiger partial charge in [0, 0.05) is 29.3 Å². The maximum atomic E-state index is 14.1. The quantitative estimate of drug-likeness (QED) is 0.564. The van der Waals surface area contributed by atoms with E-state index in [1.807, 2.05) is 43.3 Å². The van der Waals surface area contributed by atoms with Gasteiger partial charge in [0.15, 0.2) is 5.58 Å². The van der Waals surface area contributed by atoms with Crippen LogP contribution in [-0.4, -0.2) is 15.1 Å². The van der Waals surface area contributed by atoms with Gasteiger partial charge >= 0.3 is 0 Å². The third-order valence-corrected chi connectivity index (χ3v) is 4.29. The summed E-state index contributed by atoms with van der Waals surface area (Å²) in [5.41, 5.74) is 10.2. The number of hydrogen-bond donors (Lipinski definition) is 1. The minimum absolute atomic E-state index is 0. The van der Waals surface area contributed by atoms with Gasteiger partial charge < -0.3 is 10.3 Å². The van der Waals surface area contributed by atoms with Crippen LogP contribution in [0.3, 0.4) is 0 Å². The van der Waals surface area contributed by atoms with E-state index in [0.717, 1.165) is 16.6 Å². The summed E-state index contributed by atoms with van der Waals surface area (Å²) in [6.45, 7) is 1.82. The lowest BCUT2D eigenvalue weighted by Gasteiger charge is -2.14. The molecule has 1 atom stereocenters. The zero-order chi connectivity index (χ0) is 18.1. The molecule has 0 radical (unpaired) electrons. The number of aryl methyl sites for hydroxylation is 1. The highest BCUT2D eigenvalue weighted by atomic mass is 35.5. The first-order valence-corrected chi connectivity index (χ1v) is 8.31. The van der Waals surface area contributed by atoms with Crippen LogP contribution in [0, 0.1) is 12.7 Å². The lowest BCUT2D eigenvalue weighted by molar-refractivity contribution is 0.459. The molecular formula is C20H18ClFN4O. The maximum absolute atomic E-state index is 14.1. The molecular weight excluding hydrogens is 367 g/mol. The molecule has 0 bridgehead atoms. The zero-order valence-corrected chi connectivity index (χ0v) is 15.4. The normalized spacial score (nSPS) is 12.0. The Bertz CT molecular complexity index is 1080. The molecule has 0 saturated heterocycles. The van der Waals surface area contributed by atoms with Gasteiger partial charge in [0.1, 0.15) is 11.5 Å². The first kappa shape index (κ1) is 18.9. The molecule has 0 saturated carbocycles. The van der Waals surface area contributed by atoms with Crippen molar-refractivity contribution in [2.45, 2.75) is 19.4 Å². The van der Waals surface area contributed by atoms with Crippen LogP contribution < -0.4 is 5.73 Å². The smallest absolute Gasteiger partial charge is 0.167 e. The van der Waals surface area contributed by atoms with Crippen LogP contribution in [0.15, 0.2) is 59.3 Å². The van der Waals surface area contributed by atoms with Crippen LogP contribution in [-0.2, 0) is 6.42 Å². The van der Waals surface area contributed by atoms with Gasteiger partial charge in [-0.05, 0) is 43.3 Å². The van der Waals surface area contributed by atoms with E-state index in [1.54, 1.807) is 12.3 Å². The van der Waals surface area contributed by atoms with E-state index >= 15 is 0 Å². The summed E-state index contributed by atoms with van der Waals surface area (Å²) in [5, 5.41) is 5.07. The van der Waals surface area contributed by atoms with E-state index in [0.29, 0.717) is 22.7 Å². The summed E-state index contributed by atoms with van der Waals surface area (Å²) in [4.78, 5) is 8.70. The molecule has 0 spiro atoms. The Morgan fingerprint density at radius 1 is 1.11 bits per heavy atom. The summed E-state index contributed by atoms with van der Waals surface area (Å²) in [6.07, 6.45) is 1.91. The molecule has 138 valence electrons. The lowest BCUT2D eigenvalue weighted by atomic mass is 9.99. The van der Waals surface area contributed by atoms with Crippen molar-refractivity contribution in [1.82, 2.24) is 15.1 Å². The third-order valence-electron chi connectivity index (χ3n) is 4.29. The van der Waals surface area contributed by atoms with E-state index in [9.17, 15) is 4.39 Å². The lowest BCUT2D eigenvalue weighted by Crippen LogP contribution is -2.18. The molecule has 0 amide bonds. The van der Waals surface area contributed by atoms with Gasteiger partial charge in [-0.15, -0.1) is 12.4 Å². The summed E-state index contributed by atoms with van der Waals surface area (Å²) in [6, 6.07) is 13.8. The average molecular weight is 385 g/mol. The summed E-state index contributed by atoms with van der Waals surface area (Å²) in [5.74, 6) is -0.365. The Labute approximate surface area is 161 Å². The van der Waals surface area contributed by atoms with Crippen LogP contribution in [0.4, 0.5) is 4.39 Å². The highest BCUT2D eigenvalue weighted by molar-refractivity contribution is 5.92. The molecule has 5 nitrogen and oxygen atoms in total. The van der Waals surface area contributed by atoms with Gasteiger partial charge in [0.25, 0.3) is 0 Å². The van der Waals surface area contributed by atoms with Crippen LogP contribution in [0.5, 0.6) is 0 Å². The van der Waals surface area contributed by atoms with Crippen molar-refractivity contribution in [3.05, 3.63) is 77.6 Å². The van der Waals surface area contributed by atoms with Gasteiger partial charge in [-0.1, -0.05) is 17.3 Å². The van der Waals surface area contributed by atoms with Crippen molar-refractivity contribution in [1.29, 1.82) is 0 Å². The maximum Gasteiger partial charge on any atom is 0.167 e. The average Bonchev–Trinajstić information content (AvgIpc) is 3.08. The number of hydrogen-bond acceptors (Lipinski definition) is 5. The van der Waals surface area contributed by atoms with Gasteiger partial charge in [0.2, 0.25) is 0 Å². The number of nitrogens with two attached hydrogens (primary N) is 1. The predicted octanol–water partition coefficient (Wildman–Crippen LogP) is 4.40. The predicted molar refractivity (Wildman–Crippen MR) is 104 cm³/mol. The zero-order valence-electron chi connectivity index (χ0n) is 14.6. The number of rotatable bonds is 4. The molecule has 7 heteroatoms. The molecule has 1 unspecified atom stereocenters. The minimum atomic E-state index is -0.523. The molecule has 0 fully saturated rings. The van der Waals surface area contributed by atoms with E-state index in [-0.39, 0.29) is 24.6 Å². The van der Waals surface area contributed by atoms with Gasteiger partial charge in [-0.2, -0.15) is 0 Å². The standard InChI is InChI=1S/C20H17FN4O.ClH/c1-12-8-9-15(21)17(24-12)11-16(22)20-14(6-4-10-23-20)19-13-5-2-3-7-18(13)26-25-19;/h2-10,16H,11,22H2,1H3;1H. The van der Waals surface area contributed by atoms with Crippen molar-refractivity contribution in [3.63, 3.8) is 0 Å². The van der Waals surface area contributed by atoms with Crippen LogP contribution in [0.25, 0.3) is 22.2 Å². The monoisotopic (exact) mass is 384 g/mol. The Kier molecular flexibility index (Phi) is 5.48. The van der Waals surface area contributed by atoms with E-state index < -0.39 is 6.04 Å². The first-order chi connectivity index (χ1) is 12.6. The molecule has 3 heterocycles. The Morgan fingerprint density at radius 2 is 1.93 bits per heavy atom. The van der Waals surface area contributed by atoms with Crippen LogP contribution in [0.2, 0.25) is 0 Å².